The van der Waals surface area contributed by atoms with Crippen LogP contribution in [-0.4, -0.2) is 38.9 Å². The second kappa shape index (κ2) is 7.70. The third-order valence-electron chi connectivity index (χ3n) is 4.12. The standard InChI is InChI=1S/C17H17Br2NO5/c1-3-9-5-8(6-10(4-2)14(9)21)7-11(17(24)25)20-15(22)12(18)13(19)16(20)23/h5-6,11,21H,3-4,7H2,1-2H3,(H,24,25). The molecule has 1 aromatic rings. The van der Waals surface area contributed by atoms with Crippen molar-refractivity contribution in [2.45, 2.75) is 39.2 Å². The van der Waals surface area contributed by atoms with E-state index in [1.807, 2.05) is 13.8 Å². The quantitative estimate of drug-likeness (QED) is 0.618. The Labute approximate surface area is 161 Å². The van der Waals surface area contributed by atoms with E-state index in [0.29, 0.717) is 29.5 Å². The first-order valence-electron chi connectivity index (χ1n) is 7.72. The number of imide groups is 1. The molecule has 0 aliphatic carbocycles. The molecule has 2 N–H and O–H groups in total. The first-order valence-corrected chi connectivity index (χ1v) is 9.31. The lowest BCUT2D eigenvalue weighted by atomic mass is 9.96. The maximum Gasteiger partial charge on any atom is 0.327 e. The molecular formula is C17H17Br2NO5. The Morgan fingerprint density at radius 2 is 1.52 bits per heavy atom. The Morgan fingerprint density at radius 3 is 1.88 bits per heavy atom. The minimum absolute atomic E-state index is 0.0120. The van der Waals surface area contributed by atoms with Gasteiger partial charge in [-0.15, -0.1) is 0 Å². The number of carbonyl (C=O) groups is 3. The molecule has 134 valence electrons. The molecule has 1 atom stereocenters. The Hall–Kier alpha value is -1.67. The molecule has 2 rings (SSSR count). The molecule has 0 aromatic heterocycles. The van der Waals surface area contributed by atoms with Crippen LogP contribution in [0.3, 0.4) is 0 Å². The van der Waals surface area contributed by atoms with Crippen molar-refractivity contribution in [2.24, 2.45) is 0 Å². The van der Waals surface area contributed by atoms with Crippen LogP contribution in [-0.2, 0) is 33.6 Å². The summed E-state index contributed by atoms with van der Waals surface area (Å²) in [6, 6.07) is 2.10. The molecule has 1 aromatic carbocycles. The van der Waals surface area contributed by atoms with Gasteiger partial charge in [0.2, 0.25) is 0 Å². The summed E-state index contributed by atoms with van der Waals surface area (Å²) in [5, 5.41) is 19.7. The van der Waals surface area contributed by atoms with E-state index in [1.165, 1.54) is 0 Å². The number of aryl methyl sites for hydroxylation is 2. The van der Waals surface area contributed by atoms with Crippen LogP contribution in [0.1, 0.15) is 30.5 Å². The van der Waals surface area contributed by atoms with Crippen LogP contribution in [0.2, 0.25) is 0 Å². The van der Waals surface area contributed by atoms with Crippen LogP contribution in [0.15, 0.2) is 21.1 Å². The maximum absolute atomic E-state index is 12.2. The zero-order valence-electron chi connectivity index (χ0n) is 13.7. The van der Waals surface area contributed by atoms with Crippen LogP contribution < -0.4 is 0 Å². The SMILES string of the molecule is CCc1cc(CC(C(=O)O)N2C(=O)C(Br)=C(Br)C2=O)cc(CC)c1O. The summed E-state index contributed by atoms with van der Waals surface area (Å²) in [7, 11) is 0. The zero-order chi connectivity index (χ0) is 18.9. The fourth-order valence-electron chi connectivity index (χ4n) is 2.78. The van der Waals surface area contributed by atoms with Gasteiger partial charge in [0.05, 0.1) is 0 Å². The predicted octanol–water partition coefficient (Wildman–Crippen LogP) is 2.88. The normalized spacial score (nSPS) is 15.9. The molecule has 8 heteroatoms. The first-order chi connectivity index (χ1) is 11.7. The van der Waals surface area contributed by atoms with Crippen molar-refractivity contribution in [3.05, 3.63) is 37.8 Å². The molecule has 0 fully saturated rings. The topological polar surface area (TPSA) is 94.9 Å². The largest absolute Gasteiger partial charge is 0.507 e. The molecule has 2 amide bonds. The number of carbonyl (C=O) groups excluding carboxylic acids is 2. The molecule has 0 saturated heterocycles. The summed E-state index contributed by atoms with van der Waals surface area (Å²) in [5.74, 6) is -2.43. The van der Waals surface area contributed by atoms with Gasteiger partial charge in [-0.1, -0.05) is 26.0 Å². The molecule has 0 saturated carbocycles. The number of carboxylic acid groups (broad SMARTS) is 1. The van der Waals surface area contributed by atoms with Crippen molar-refractivity contribution in [3.63, 3.8) is 0 Å². The third-order valence-corrected chi connectivity index (χ3v) is 6.12. The van der Waals surface area contributed by atoms with E-state index in [1.54, 1.807) is 12.1 Å². The smallest absolute Gasteiger partial charge is 0.327 e. The highest BCUT2D eigenvalue weighted by molar-refractivity contribution is 9.14. The van der Waals surface area contributed by atoms with Gasteiger partial charge in [0.25, 0.3) is 11.8 Å². The molecular weight excluding hydrogens is 458 g/mol. The molecule has 0 bridgehead atoms. The van der Waals surface area contributed by atoms with E-state index < -0.39 is 23.8 Å². The van der Waals surface area contributed by atoms with Crippen molar-refractivity contribution in [1.82, 2.24) is 4.90 Å². The van der Waals surface area contributed by atoms with Gasteiger partial charge < -0.3 is 10.2 Å². The molecule has 1 unspecified atom stereocenters. The van der Waals surface area contributed by atoms with Gasteiger partial charge in [0, 0.05) is 6.42 Å². The number of hydrogen-bond acceptors (Lipinski definition) is 4. The Morgan fingerprint density at radius 1 is 1.08 bits per heavy atom. The van der Waals surface area contributed by atoms with Crippen LogP contribution in [0.25, 0.3) is 0 Å². The summed E-state index contributed by atoms with van der Waals surface area (Å²) in [5.41, 5.74) is 2.06. The summed E-state index contributed by atoms with van der Waals surface area (Å²) in [6.45, 7) is 3.78. The van der Waals surface area contributed by atoms with Crippen molar-refractivity contribution >= 4 is 49.6 Å². The molecule has 0 spiro atoms. The Balaban J connectivity index is 2.41. The lowest BCUT2D eigenvalue weighted by Gasteiger charge is -2.23. The number of phenolic OH excluding ortho intramolecular Hbond substituents is 1. The van der Waals surface area contributed by atoms with Gasteiger partial charge in [-0.2, -0.15) is 0 Å². The van der Waals surface area contributed by atoms with Gasteiger partial charge in [0.15, 0.2) is 0 Å². The number of carboxylic acids is 1. The fourth-order valence-corrected chi connectivity index (χ4v) is 3.50. The van der Waals surface area contributed by atoms with Crippen LogP contribution in [0.5, 0.6) is 5.75 Å². The van der Waals surface area contributed by atoms with Crippen molar-refractivity contribution in [2.75, 3.05) is 0 Å². The van der Waals surface area contributed by atoms with Gasteiger partial charge >= 0.3 is 5.97 Å². The molecule has 25 heavy (non-hydrogen) atoms. The number of amides is 2. The van der Waals surface area contributed by atoms with E-state index in [4.69, 9.17) is 0 Å². The van der Waals surface area contributed by atoms with Crippen molar-refractivity contribution < 1.29 is 24.6 Å². The molecule has 1 aliphatic heterocycles. The Kier molecular flexibility index (Phi) is 6.05. The average Bonchev–Trinajstić information content (AvgIpc) is 2.77. The minimum atomic E-state index is -1.33. The number of hydrogen-bond donors (Lipinski definition) is 2. The second-order valence-corrected chi connectivity index (χ2v) is 7.22. The number of benzene rings is 1. The van der Waals surface area contributed by atoms with Gasteiger partial charge in [-0.05, 0) is 61.4 Å². The maximum atomic E-state index is 12.2. The summed E-state index contributed by atoms with van der Waals surface area (Å²) in [6.07, 6.45) is 1.14. The molecule has 6 nitrogen and oxygen atoms in total. The third kappa shape index (κ3) is 3.64. The van der Waals surface area contributed by atoms with Gasteiger partial charge in [0.1, 0.15) is 20.8 Å². The molecule has 1 heterocycles. The number of phenols is 1. The van der Waals surface area contributed by atoms with E-state index in [0.717, 1.165) is 4.90 Å². The van der Waals surface area contributed by atoms with Gasteiger partial charge in [-0.25, -0.2) is 4.79 Å². The van der Waals surface area contributed by atoms with E-state index >= 15 is 0 Å². The molecule has 1 aliphatic rings. The lowest BCUT2D eigenvalue weighted by molar-refractivity contribution is -0.153. The highest BCUT2D eigenvalue weighted by Gasteiger charge is 2.43. The van der Waals surface area contributed by atoms with E-state index in [-0.39, 0.29) is 21.1 Å². The minimum Gasteiger partial charge on any atom is -0.507 e. The van der Waals surface area contributed by atoms with Crippen LogP contribution >= 0.6 is 31.9 Å². The molecule has 0 radical (unpaired) electrons. The number of nitrogens with zero attached hydrogens (tertiary/aromatic N) is 1. The van der Waals surface area contributed by atoms with Crippen molar-refractivity contribution in [1.29, 1.82) is 0 Å². The van der Waals surface area contributed by atoms with Crippen LogP contribution in [0.4, 0.5) is 0 Å². The summed E-state index contributed by atoms with van der Waals surface area (Å²) in [4.78, 5) is 36.9. The highest BCUT2D eigenvalue weighted by atomic mass is 79.9. The average molecular weight is 475 g/mol. The summed E-state index contributed by atoms with van der Waals surface area (Å²) < 4.78 is 0.0240. The fraction of sp³-hybridized carbons (Fsp3) is 0.353. The lowest BCUT2D eigenvalue weighted by Crippen LogP contribution is -2.46. The van der Waals surface area contributed by atoms with Crippen molar-refractivity contribution in [3.8, 4) is 5.75 Å². The predicted molar refractivity (Wildman–Crippen MR) is 98.7 cm³/mol. The van der Waals surface area contributed by atoms with E-state index in [2.05, 4.69) is 31.9 Å². The number of aliphatic carboxylic acids is 1. The highest BCUT2D eigenvalue weighted by Crippen LogP contribution is 2.32. The Bertz CT molecular complexity index is 738. The first kappa shape index (κ1) is 19.7. The monoisotopic (exact) mass is 473 g/mol. The summed E-state index contributed by atoms with van der Waals surface area (Å²) >= 11 is 6.01. The van der Waals surface area contributed by atoms with E-state index in [9.17, 15) is 24.6 Å². The zero-order valence-corrected chi connectivity index (χ0v) is 16.8. The number of rotatable bonds is 6. The van der Waals surface area contributed by atoms with Gasteiger partial charge in [-0.3, -0.25) is 14.5 Å². The number of aromatic hydroxyl groups is 1. The number of halogens is 2. The second-order valence-electron chi connectivity index (χ2n) is 5.64. The van der Waals surface area contributed by atoms with Crippen LogP contribution in [0, 0.1) is 0 Å².